The second-order valence-corrected chi connectivity index (χ2v) is 5.33. The predicted octanol–water partition coefficient (Wildman–Crippen LogP) is 2.28. The van der Waals surface area contributed by atoms with Gasteiger partial charge in [0.25, 0.3) is 0 Å². The summed E-state index contributed by atoms with van der Waals surface area (Å²) in [5.74, 6) is -0.462. The standard InChI is InChI=1S/C14H21NO4/c1-6-7-10-8-9-15(11(10)12(16)18-5)13(17)19-14(2,3)4/h6,8,11H,1,7,9H2,2-5H3/t11-/m0/s1. The fourth-order valence-corrected chi connectivity index (χ4v) is 1.89. The molecule has 0 N–H and O–H groups in total. The Morgan fingerprint density at radius 1 is 1.53 bits per heavy atom. The van der Waals surface area contributed by atoms with Crippen molar-refractivity contribution < 1.29 is 19.1 Å². The van der Waals surface area contributed by atoms with Crippen LogP contribution < -0.4 is 0 Å². The van der Waals surface area contributed by atoms with E-state index in [1.165, 1.54) is 12.0 Å². The van der Waals surface area contributed by atoms with Crippen molar-refractivity contribution in [2.75, 3.05) is 13.7 Å². The van der Waals surface area contributed by atoms with Gasteiger partial charge in [-0.25, -0.2) is 9.59 Å². The number of ether oxygens (including phenoxy) is 2. The number of rotatable bonds is 3. The molecule has 19 heavy (non-hydrogen) atoms. The summed E-state index contributed by atoms with van der Waals surface area (Å²) in [6, 6.07) is -0.710. The second-order valence-electron chi connectivity index (χ2n) is 5.33. The van der Waals surface area contributed by atoms with E-state index in [1.54, 1.807) is 26.8 Å². The van der Waals surface area contributed by atoms with Crippen LogP contribution in [0.25, 0.3) is 0 Å². The molecule has 1 atom stereocenters. The minimum atomic E-state index is -0.710. The summed E-state index contributed by atoms with van der Waals surface area (Å²) in [7, 11) is 1.31. The van der Waals surface area contributed by atoms with Crippen molar-refractivity contribution in [1.82, 2.24) is 4.90 Å². The van der Waals surface area contributed by atoms with Gasteiger partial charge in [-0.1, -0.05) is 12.2 Å². The fraction of sp³-hybridized carbons (Fsp3) is 0.571. The fourth-order valence-electron chi connectivity index (χ4n) is 1.89. The Balaban J connectivity index is 2.87. The van der Waals surface area contributed by atoms with Crippen molar-refractivity contribution >= 4 is 12.1 Å². The third-order valence-corrected chi connectivity index (χ3v) is 2.65. The number of amides is 1. The van der Waals surface area contributed by atoms with Crippen LogP contribution in [-0.4, -0.2) is 42.3 Å². The van der Waals surface area contributed by atoms with Gasteiger partial charge in [0, 0.05) is 6.54 Å². The molecule has 1 amide bonds. The highest BCUT2D eigenvalue weighted by Gasteiger charge is 2.38. The van der Waals surface area contributed by atoms with Gasteiger partial charge < -0.3 is 9.47 Å². The first-order valence-electron chi connectivity index (χ1n) is 6.17. The van der Waals surface area contributed by atoms with E-state index in [0.29, 0.717) is 13.0 Å². The third kappa shape index (κ3) is 3.84. The van der Waals surface area contributed by atoms with E-state index in [9.17, 15) is 9.59 Å². The molecule has 0 bridgehead atoms. The molecule has 0 aromatic heterocycles. The van der Waals surface area contributed by atoms with Crippen LogP contribution in [0.4, 0.5) is 4.79 Å². The number of hydrogen-bond acceptors (Lipinski definition) is 4. The summed E-state index contributed by atoms with van der Waals surface area (Å²) in [6.07, 6.45) is 3.56. The first-order chi connectivity index (χ1) is 8.80. The average molecular weight is 267 g/mol. The third-order valence-electron chi connectivity index (χ3n) is 2.65. The highest BCUT2D eigenvalue weighted by molar-refractivity contribution is 5.86. The van der Waals surface area contributed by atoms with E-state index < -0.39 is 23.7 Å². The molecule has 0 aromatic rings. The van der Waals surface area contributed by atoms with E-state index >= 15 is 0 Å². The Bertz CT molecular complexity index is 406. The Morgan fingerprint density at radius 3 is 2.63 bits per heavy atom. The second kappa shape index (κ2) is 5.91. The molecular weight excluding hydrogens is 246 g/mol. The van der Waals surface area contributed by atoms with Crippen molar-refractivity contribution in [3.05, 3.63) is 24.3 Å². The highest BCUT2D eigenvalue weighted by Crippen LogP contribution is 2.25. The SMILES string of the molecule is C=CCC1=CCN(C(=O)OC(C)(C)C)[C@@H]1C(=O)OC. The summed E-state index contributed by atoms with van der Waals surface area (Å²) in [5, 5.41) is 0. The van der Waals surface area contributed by atoms with E-state index in [-0.39, 0.29) is 0 Å². The molecule has 0 unspecified atom stereocenters. The molecule has 106 valence electrons. The Labute approximate surface area is 113 Å². The van der Waals surface area contributed by atoms with E-state index in [4.69, 9.17) is 9.47 Å². The lowest BCUT2D eigenvalue weighted by Crippen LogP contribution is -2.45. The van der Waals surface area contributed by atoms with Crippen LogP contribution in [0.1, 0.15) is 27.2 Å². The van der Waals surface area contributed by atoms with Gasteiger partial charge in [-0.05, 0) is 32.8 Å². The maximum absolute atomic E-state index is 12.1. The van der Waals surface area contributed by atoms with Gasteiger partial charge in [0.05, 0.1) is 7.11 Å². The lowest BCUT2D eigenvalue weighted by Gasteiger charge is -2.28. The number of esters is 1. The summed E-state index contributed by atoms with van der Waals surface area (Å²) >= 11 is 0. The molecule has 0 aliphatic carbocycles. The molecule has 5 heteroatoms. The maximum atomic E-state index is 12.1. The van der Waals surface area contributed by atoms with E-state index in [1.807, 2.05) is 6.08 Å². The number of allylic oxidation sites excluding steroid dienone is 1. The number of hydrogen-bond donors (Lipinski definition) is 0. The van der Waals surface area contributed by atoms with Crippen molar-refractivity contribution in [2.24, 2.45) is 0 Å². The van der Waals surface area contributed by atoms with Crippen molar-refractivity contribution in [3.8, 4) is 0 Å². The Kier molecular flexibility index (Phi) is 4.75. The van der Waals surface area contributed by atoms with Gasteiger partial charge in [-0.15, -0.1) is 6.58 Å². The summed E-state index contributed by atoms with van der Waals surface area (Å²) in [5.41, 5.74) is 0.214. The largest absolute Gasteiger partial charge is 0.467 e. The normalized spacial score (nSPS) is 18.8. The molecular formula is C14H21NO4. The zero-order chi connectivity index (χ0) is 14.6. The zero-order valence-electron chi connectivity index (χ0n) is 11.9. The molecule has 1 rings (SSSR count). The monoisotopic (exact) mass is 267 g/mol. The molecule has 1 aliphatic rings. The molecule has 0 fully saturated rings. The number of nitrogens with zero attached hydrogens (tertiary/aromatic N) is 1. The summed E-state index contributed by atoms with van der Waals surface area (Å²) < 4.78 is 10.1. The molecule has 1 aliphatic heterocycles. The van der Waals surface area contributed by atoms with Crippen molar-refractivity contribution in [3.63, 3.8) is 0 Å². The van der Waals surface area contributed by atoms with Crippen LogP contribution in [0.5, 0.6) is 0 Å². The van der Waals surface area contributed by atoms with Gasteiger partial charge in [0.15, 0.2) is 6.04 Å². The van der Waals surface area contributed by atoms with Crippen LogP contribution in [0.15, 0.2) is 24.3 Å². The van der Waals surface area contributed by atoms with E-state index in [2.05, 4.69) is 6.58 Å². The average Bonchev–Trinajstić information content (AvgIpc) is 2.70. The lowest BCUT2D eigenvalue weighted by atomic mass is 10.1. The molecule has 0 radical (unpaired) electrons. The molecule has 0 spiro atoms. The van der Waals surface area contributed by atoms with Gasteiger partial charge in [0.2, 0.25) is 0 Å². The van der Waals surface area contributed by atoms with Gasteiger partial charge in [-0.2, -0.15) is 0 Å². The number of methoxy groups -OCH3 is 1. The van der Waals surface area contributed by atoms with Crippen LogP contribution >= 0.6 is 0 Å². The topological polar surface area (TPSA) is 55.8 Å². The molecule has 1 heterocycles. The number of carbonyl (C=O) groups is 2. The van der Waals surface area contributed by atoms with Gasteiger partial charge in [-0.3, -0.25) is 4.90 Å². The predicted molar refractivity (Wildman–Crippen MR) is 71.6 cm³/mol. The van der Waals surface area contributed by atoms with Gasteiger partial charge in [0.1, 0.15) is 5.60 Å². The minimum absolute atomic E-state index is 0.345. The molecule has 5 nitrogen and oxygen atoms in total. The van der Waals surface area contributed by atoms with Crippen LogP contribution in [0.3, 0.4) is 0 Å². The van der Waals surface area contributed by atoms with Gasteiger partial charge >= 0.3 is 12.1 Å². The lowest BCUT2D eigenvalue weighted by molar-refractivity contribution is -0.144. The minimum Gasteiger partial charge on any atom is -0.467 e. The van der Waals surface area contributed by atoms with Crippen LogP contribution in [-0.2, 0) is 14.3 Å². The zero-order valence-corrected chi connectivity index (χ0v) is 11.9. The number of carbonyl (C=O) groups excluding carboxylic acids is 2. The van der Waals surface area contributed by atoms with Crippen molar-refractivity contribution in [2.45, 2.75) is 38.8 Å². The molecule has 0 saturated carbocycles. The maximum Gasteiger partial charge on any atom is 0.411 e. The summed E-state index contributed by atoms with van der Waals surface area (Å²) in [4.78, 5) is 25.3. The molecule has 0 aromatic carbocycles. The Morgan fingerprint density at radius 2 is 2.16 bits per heavy atom. The first kappa shape index (κ1) is 15.3. The van der Waals surface area contributed by atoms with Crippen LogP contribution in [0.2, 0.25) is 0 Å². The van der Waals surface area contributed by atoms with Crippen LogP contribution in [0, 0.1) is 0 Å². The first-order valence-corrected chi connectivity index (χ1v) is 6.17. The molecule has 0 saturated heterocycles. The Hall–Kier alpha value is -1.78. The quantitative estimate of drug-likeness (QED) is 0.581. The van der Waals surface area contributed by atoms with E-state index in [0.717, 1.165) is 5.57 Å². The smallest absolute Gasteiger partial charge is 0.411 e. The highest BCUT2D eigenvalue weighted by atomic mass is 16.6. The summed E-state index contributed by atoms with van der Waals surface area (Å²) in [6.45, 7) is 9.34. The van der Waals surface area contributed by atoms with Crippen molar-refractivity contribution in [1.29, 1.82) is 0 Å².